The second-order valence-corrected chi connectivity index (χ2v) is 9.95. The number of fused-ring (bicyclic) bond motifs is 1. The molecular weight excluding hydrogens is 488 g/mol. The van der Waals surface area contributed by atoms with Crippen LogP contribution in [0, 0.1) is 13.8 Å². The SMILES string of the molecule is Cc1nnc(-c2cc(OCc3ccc(C(C)C)cc3)cc(-c3nnc(-c4ccc(C)c5ccccc45)o3)c2)o1. The van der Waals surface area contributed by atoms with Crippen LogP contribution in [0.3, 0.4) is 0 Å². The number of benzene rings is 4. The molecule has 2 heterocycles. The Labute approximate surface area is 226 Å². The lowest BCUT2D eigenvalue weighted by Gasteiger charge is -2.10. The van der Waals surface area contributed by atoms with Gasteiger partial charge in [-0.15, -0.1) is 20.4 Å². The Morgan fingerprint density at radius 3 is 2.05 bits per heavy atom. The summed E-state index contributed by atoms with van der Waals surface area (Å²) in [5.74, 6) is 2.81. The summed E-state index contributed by atoms with van der Waals surface area (Å²) in [7, 11) is 0. The van der Waals surface area contributed by atoms with Gasteiger partial charge in [-0.1, -0.05) is 68.4 Å². The first kappa shape index (κ1) is 24.6. The molecule has 0 aliphatic rings. The van der Waals surface area contributed by atoms with Crippen molar-refractivity contribution in [2.45, 2.75) is 40.2 Å². The molecule has 0 unspecified atom stereocenters. The molecular formula is C32H28N4O3. The molecule has 39 heavy (non-hydrogen) atoms. The summed E-state index contributed by atoms with van der Waals surface area (Å²) in [4.78, 5) is 0. The van der Waals surface area contributed by atoms with Gasteiger partial charge in [0, 0.05) is 23.6 Å². The lowest BCUT2D eigenvalue weighted by Crippen LogP contribution is -1.97. The summed E-state index contributed by atoms with van der Waals surface area (Å²) in [5.41, 5.74) is 5.86. The monoisotopic (exact) mass is 516 g/mol. The molecule has 6 rings (SSSR count). The second-order valence-electron chi connectivity index (χ2n) is 9.95. The Balaban J connectivity index is 1.35. The van der Waals surface area contributed by atoms with Crippen LogP contribution in [-0.4, -0.2) is 20.4 Å². The first-order chi connectivity index (χ1) is 18.9. The average molecular weight is 517 g/mol. The van der Waals surface area contributed by atoms with Crippen molar-refractivity contribution >= 4 is 10.8 Å². The summed E-state index contributed by atoms with van der Waals surface area (Å²) in [5, 5.41) is 19.2. The Bertz CT molecular complexity index is 1770. The number of nitrogens with zero attached hydrogens (tertiary/aromatic N) is 4. The van der Waals surface area contributed by atoms with E-state index in [2.05, 4.69) is 83.6 Å². The summed E-state index contributed by atoms with van der Waals surface area (Å²) in [6, 6.07) is 26.4. The van der Waals surface area contributed by atoms with Gasteiger partial charge in [0.25, 0.3) is 0 Å². The van der Waals surface area contributed by atoms with E-state index < -0.39 is 0 Å². The number of hydrogen-bond donors (Lipinski definition) is 0. The number of aromatic nitrogens is 4. The summed E-state index contributed by atoms with van der Waals surface area (Å²) < 4.78 is 18.1. The summed E-state index contributed by atoms with van der Waals surface area (Å²) in [6.45, 7) is 8.63. The molecule has 7 heteroatoms. The minimum absolute atomic E-state index is 0.374. The van der Waals surface area contributed by atoms with Crippen LogP contribution in [0.25, 0.3) is 45.1 Å². The van der Waals surface area contributed by atoms with Crippen molar-refractivity contribution in [3.05, 3.63) is 101 Å². The van der Waals surface area contributed by atoms with Crippen LogP contribution in [0.15, 0.2) is 87.7 Å². The molecule has 0 amide bonds. The highest BCUT2D eigenvalue weighted by Gasteiger charge is 2.17. The van der Waals surface area contributed by atoms with E-state index in [1.165, 1.54) is 11.1 Å². The van der Waals surface area contributed by atoms with Gasteiger partial charge in [0.15, 0.2) is 0 Å². The fraction of sp³-hybridized carbons (Fsp3) is 0.188. The van der Waals surface area contributed by atoms with Gasteiger partial charge in [-0.2, -0.15) is 0 Å². The molecule has 0 N–H and O–H groups in total. The maximum absolute atomic E-state index is 6.21. The van der Waals surface area contributed by atoms with Crippen molar-refractivity contribution < 1.29 is 13.6 Å². The molecule has 0 saturated carbocycles. The molecule has 194 valence electrons. The van der Waals surface area contributed by atoms with Crippen molar-refractivity contribution in [1.82, 2.24) is 20.4 Å². The smallest absolute Gasteiger partial charge is 0.248 e. The van der Waals surface area contributed by atoms with E-state index in [1.807, 2.05) is 36.4 Å². The third-order valence-corrected chi connectivity index (χ3v) is 6.78. The van der Waals surface area contributed by atoms with Crippen LogP contribution >= 0.6 is 0 Å². The number of ether oxygens (including phenoxy) is 1. The molecule has 7 nitrogen and oxygen atoms in total. The van der Waals surface area contributed by atoms with Gasteiger partial charge in [0.2, 0.25) is 23.6 Å². The molecule has 0 aliphatic heterocycles. The van der Waals surface area contributed by atoms with Gasteiger partial charge in [-0.05, 0) is 64.6 Å². The fourth-order valence-corrected chi connectivity index (χ4v) is 4.59. The lowest BCUT2D eigenvalue weighted by molar-refractivity contribution is 0.306. The van der Waals surface area contributed by atoms with Crippen molar-refractivity contribution in [1.29, 1.82) is 0 Å². The normalized spacial score (nSPS) is 11.4. The predicted octanol–water partition coefficient (Wildman–Crippen LogP) is 7.93. The van der Waals surface area contributed by atoms with E-state index in [4.69, 9.17) is 13.6 Å². The van der Waals surface area contributed by atoms with Gasteiger partial charge >= 0.3 is 0 Å². The topological polar surface area (TPSA) is 87.1 Å². The maximum Gasteiger partial charge on any atom is 0.248 e. The Kier molecular flexibility index (Phi) is 6.40. The summed E-state index contributed by atoms with van der Waals surface area (Å²) in [6.07, 6.45) is 0. The summed E-state index contributed by atoms with van der Waals surface area (Å²) >= 11 is 0. The van der Waals surface area contributed by atoms with Crippen LogP contribution in [0.2, 0.25) is 0 Å². The highest BCUT2D eigenvalue weighted by molar-refractivity contribution is 5.96. The average Bonchev–Trinajstić information content (AvgIpc) is 3.62. The first-order valence-electron chi connectivity index (χ1n) is 12.9. The van der Waals surface area contributed by atoms with Gasteiger partial charge in [-0.3, -0.25) is 0 Å². The highest BCUT2D eigenvalue weighted by atomic mass is 16.5. The van der Waals surface area contributed by atoms with Crippen molar-refractivity contribution in [3.8, 4) is 40.1 Å². The molecule has 0 saturated heterocycles. The van der Waals surface area contributed by atoms with Gasteiger partial charge in [-0.25, -0.2) is 0 Å². The van der Waals surface area contributed by atoms with Crippen LogP contribution < -0.4 is 4.74 Å². The molecule has 0 fully saturated rings. The lowest BCUT2D eigenvalue weighted by atomic mass is 10.0. The van der Waals surface area contributed by atoms with E-state index in [9.17, 15) is 0 Å². The quantitative estimate of drug-likeness (QED) is 0.213. The Hall–Kier alpha value is -4.78. The molecule has 0 radical (unpaired) electrons. The van der Waals surface area contributed by atoms with Crippen molar-refractivity contribution in [2.75, 3.05) is 0 Å². The van der Waals surface area contributed by atoms with Crippen LogP contribution in [-0.2, 0) is 6.61 Å². The van der Waals surface area contributed by atoms with Crippen LogP contribution in [0.4, 0.5) is 0 Å². The highest BCUT2D eigenvalue weighted by Crippen LogP contribution is 2.34. The third-order valence-electron chi connectivity index (χ3n) is 6.78. The van der Waals surface area contributed by atoms with Crippen molar-refractivity contribution in [3.63, 3.8) is 0 Å². The van der Waals surface area contributed by atoms with Crippen molar-refractivity contribution in [2.24, 2.45) is 0 Å². The molecule has 0 atom stereocenters. The number of rotatable bonds is 7. The second kappa shape index (κ2) is 10.2. The van der Waals surface area contributed by atoms with Gasteiger partial charge < -0.3 is 13.6 Å². The first-order valence-corrected chi connectivity index (χ1v) is 12.9. The maximum atomic E-state index is 6.21. The largest absolute Gasteiger partial charge is 0.489 e. The number of aryl methyl sites for hydroxylation is 2. The van der Waals surface area contributed by atoms with E-state index in [1.54, 1.807) is 6.92 Å². The molecule has 2 aromatic heterocycles. The zero-order valence-corrected chi connectivity index (χ0v) is 22.3. The van der Waals surface area contributed by atoms with Gasteiger partial charge in [0.1, 0.15) is 12.4 Å². The third kappa shape index (κ3) is 5.03. The van der Waals surface area contributed by atoms with E-state index in [0.29, 0.717) is 53.0 Å². The minimum Gasteiger partial charge on any atom is -0.489 e. The molecule has 0 aliphatic carbocycles. The fourth-order valence-electron chi connectivity index (χ4n) is 4.59. The van der Waals surface area contributed by atoms with E-state index in [0.717, 1.165) is 21.9 Å². The van der Waals surface area contributed by atoms with E-state index in [-0.39, 0.29) is 0 Å². The van der Waals surface area contributed by atoms with Gasteiger partial charge in [0.05, 0.1) is 0 Å². The number of hydrogen-bond acceptors (Lipinski definition) is 7. The minimum atomic E-state index is 0.374. The molecule has 0 bridgehead atoms. The predicted molar refractivity (Wildman–Crippen MR) is 150 cm³/mol. The molecule has 0 spiro atoms. The van der Waals surface area contributed by atoms with Crippen LogP contribution in [0.5, 0.6) is 5.75 Å². The zero-order chi connectivity index (χ0) is 26.9. The Morgan fingerprint density at radius 1 is 0.692 bits per heavy atom. The van der Waals surface area contributed by atoms with Crippen LogP contribution in [0.1, 0.15) is 42.3 Å². The Morgan fingerprint density at radius 2 is 1.36 bits per heavy atom. The zero-order valence-electron chi connectivity index (χ0n) is 22.3. The molecule has 4 aromatic carbocycles. The standard InChI is InChI=1S/C32H28N4O3/c1-19(2)23-12-10-22(11-13-23)18-37-26-16-24(30-34-33-21(4)38-30)15-25(17-26)31-35-36-32(39-31)29-14-9-20(3)27-7-5-6-8-28(27)29/h5-17,19H,18H2,1-4H3. The molecule has 6 aromatic rings. The van der Waals surface area contributed by atoms with E-state index >= 15 is 0 Å².